The second-order valence-corrected chi connectivity index (χ2v) is 2.64. The van der Waals surface area contributed by atoms with Crippen molar-refractivity contribution in [2.75, 3.05) is 0 Å². The largest absolute Gasteiger partial charge is 0.368 e. The van der Waals surface area contributed by atoms with Gasteiger partial charge in [-0.05, 0) is 12.0 Å². The van der Waals surface area contributed by atoms with Gasteiger partial charge in [0.15, 0.2) is 0 Å². The predicted octanol–water partition coefficient (Wildman–Crippen LogP) is 0.366. The third kappa shape index (κ3) is 2.36. The van der Waals surface area contributed by atoms with Crippen LogP contribution in [0.2, 0.25) is 0 Å². The number of hydrogen-bond donors (Lipinski definition) is 1. The van der Waals surface area contributed by atoms with Crippen LogP contribution in [0.25, 0.3) is 0 Å². The summed E-state index contributed by atoms with van der Waals surface area (Å²) < 4.78 is 0. The Morgan fingerprint density at radius 1 is 1.42 bits per heavy atom. The van der Waals surface area contributed by atoms with E-state index >= 15 is 0 Å². The molecule has 0 aromatic heterocycles. The molecule has 1 amide bonds. The molecule has 0 aliphatic rings. The number of benzene rings is 1. The van der Waals surface area contributed by atoms with Crippen molar-refractivity contribution in [2.45, 2.75) is 12.5 Å². The minimum Gasteiger partial charge on any atom is -0.368 e. The molecule has 1 rings (SSSR count). The van der Waals surface area contributed by atoms with E-state index in [2.05, 4.69) is 0 Å². The third-order valence-corrected chi connectivity index (χ3v) is 1.63. The highest BCUT2D eigenvalue weighted by molar-refractivity contribution is 5.79. The van der Waals surface area contributed by atoms with Gasteiger partial charge in [0.05, 0.1) is 0 Å². The quantitative estimate of drug-likeness (QED) is 0.687. The zero-order valence-electron chi connectivity index (χ0n) is 6.66. The summed E-state index contributed by atoms with van der Waals surface area (Å²) in [5, 5.41) is 0. The molecule has 0 fully saturated rings. The molecule has 63 valence electrons. The van der Waals surface area contributed by atoms with Gasteiger partial charge in [0.1, 0.15) is 6.04 Å². The van der Waals surface area contributed by atoms with Crippen LogP contribution in [0.5, 0.6) is 0 Å². The van der Waals surface area contributed by atoms with Crippen LogP contribution in [0, 0.1) is 0 Å². The summed E-state index contributed by atoms with van der Waals surface area (Å²) in [6, 6.07) is 8.58. The molecule has 1 aromatic carbocycles. The number of amides is 1. The minimum atomic E-state index is -0.826. The van der Waals surface area contributed by atoms with E-state index in [1.54, 1.807) is 0 Å². The molecule has 0 heterocycles. The molecule has 1 radical (unpaired) electrons. The van der Waals surface area contributed by atoms with E-state index in [9.17, 15) is 4.79 Å². The van der Waals surface area contributed by atoms with Crippen LogP contribution in [-0.4, -0.2) is 11.9 Å². The summed E-state index contributed by atoms with van der Waals surface area (Å²) in [5.41, 5.74) is 13.2. The fourth-order valence-electron chi connectivity index (χ4n) is 0.950. The molecule has 0 aliphatic carbocycles. The van der Waals surface area contributed by atoms with Gasteiger partial charge in [-0.1, -0.05) is 30.3 Å². The number of hydrogen-bond acceptors (Lipinski definition) is 1. The lowest BCUT2D eigenvalue weighted by atomic mass is 10.1. The average molecular weight is 163 g/mol. The Morgan fingerprint density at radius 3 is 2.50 bits per heavy atom. The molecular formula is C9H11N2O. The van der Waals surface area contributed by atoms with Gasteiger partial charge < -0.3 is 5.73 Å². The Kier molecular flexibility index (Phi) is 2.82. The van der Waals surface area contributed by atoms with Crippen molar-refractivity contribution in [1.29, 1.82) is 0 Å². The van der Waals surface area contributed by atoms with E-state index in [4.69, 9.17) is 11.5 Å². The normalized spacial score (nSPS) is 12.4. The zero-order valence-corrected chi connectivity index (χ0v) is 6.66. The summed E-state index contributed by atoms with van der Waals surface area (Å²) in [6.45, 7) is 0. The van der Waals surface area contributed by atoms with E-state index < -0.39 is 11.9 Å². The van der Waals surface area contributed by atoms with Crippen LogP contribution in [-0.2, 0) is 11.2 Å². The molecule has 0 saturated carbocycles. The Bertz CT molecular complexity index is 258. The van der Waals surface area contributed by atoms with Crippen molar-refractivity contribution < 1.29 is 4.79 Å². The van der Waals surface area contributed by atoms with Gasteiger partial charge in [0.25, 0.3) is 0 Å². The summed E-state index contributed by atoms with van der Waals surface area (Å²) in [6.07, 6.45) is 0.399. The highest BCUT2D eigenvalue weighted by Gasteiger charge is 2.09. The maximum Gasteiger partial charge on any atom is 0.236 e. The van der Waals surface area contributed by atoms with Crippen LogP contribution in [0.3, 0.4) is 0 Å². The van der Waals surface area contributed by atoms with E-state index in [0.717, 1.165) is 5.56 Å². The Morgan fingerprint density at radius 2 is 2.00 bits per heavy atom. The molecule has 0 spiro atoms. The molecule has 12 heavy (non-hydrogen) atoms. The van der Waals surface area contributed by atoms with Crippen LogP contribution in [0.1, 0.15) is 5.56 Å². The number of carbonyl (C=O) groups excluding carboxylic acids is 1. The molecule has 0 bridgehead atoms. The number of nitrogens with two attached hydrogens (primary N) is 1. The Hall–Kier alpha value is -1.35. The molecule has 3 nitrogen and oxygen atoms in total. The second kappa shape index (κ2) is 3.88. The monoisotopic (exact) mass is 163 g/mol. The van der Waals surface area contributed by atoms with Crippen molar-refractivity contribution in [1.82, 2.24) is 5.73 Å². The summed E-state index contributed by atoms with van der Waals surface area (Å²) >= 11 is 0. The first-order valence-corrected chi connectivity index (χ1v) is 3.74. The molecular weight excluding hydrogens is 152 g/mol. The number of nitrogens with one attached hydrogen (secondary N) is 1. The van der Waals surface area contributed by atoms with Crippen molar-refractivity contribution in [2.24, 2.45) is 5.73 Å². The first kappa shape index (κ1) is 8.74. The number of primary amides is 1. The standard InChI is InChI=1S/C9H11N2O/c10-8(9(11)12)6-7-4-2-1-3-5-7/h1-5,8,10H,6H2,(H2,11,12). The molecule has 1 atom stereocenters. The van der Waals surface area contributed by atoms with Gasteiger partial charge in [-0.3, -0.25) is 4.79 Å². The first-order chi connectivity index (χ1) is 5.70. The van der Waals surface area contributed by atoms with Crippen LogP contribution < -0.4 is 11.5 Å². The molecule has 0 aliphatic heterocycles. The topological polar surface area (TPSA) is 66.9 Å². The lowest BCUT2D eigenvalue weighted by Crippen LogP contribution is -2.31. The van der Waals surface area contributed by atoms with Gasteiger partial charge in [-0.15, -0.1) is 0 Å². The molecule has 3 heteroatoms. The van der Waals surface area contributed by atoms with E-state index in [0.29, 0.717) is 6.42 Å². The smallest absolute Gasteiger partial charge is 0.236 e. The van der Waals surface area contributed by atoms with Crippen molar-refractivity contribution >= 4 is 5.91 Å². The minimum absolute atomic E-state index is 0.399. The lowest BCUT2D eigenvalue weighted by molar-refractivity contribution is -0.119. The van der Waals surface area contributed by atoms with Gasteiger partial charge in [-0.2, -0.15) is 0 Å². The average Bonchev–Trinajstić information content (AvgIpc) is 2.06. The second-order valence-electron chi connectivity index (χ2n) is 2.64. The fourth-order valence-corrected chi connectivity index (χ4v) is 0.950. The number of carbonyl (C=O) groups is 1. The highest BCUT2D eigenvalue weighted by Crippen LogP contribution is 2.01. The first-order valence-electron chi connectivity index (χ1n) is 3.74. The van der Waals surface area contributed by atoms with Crippen molar-refractivity contribution in [3.05, 3.63) is 35.9 Å². The Balaban J connectivity index is 2.58. The van der Waals surface area contributed by atoms with Crippen LogP contribution in [0.15, 0.2) is 30.3 Å². The fraction of sp³-hybridized carbons (Fsp3) is 0.222. The third-order valence-electron chi connectivity index (χ3n) is 1.63. The highest BCUT2D eigenvalue weighted by atomic mass is 16.1. The lowest BCUT2D eigenvalue weighted by Gasteiger charge is -2.04. The summed E-state index contributed by atoms with van der Waals surface area (Å²) in [7, 11) is 0. The summed E-state index contributed by atoms with van der Waals surface area (Å²) in [5.74, 6) is -0.571. The molecule has 1 unspecified atom stereocenters. The van der Waals surface area contributed by atoms with Gasteiger partial charge in [0, 0.05) is 0 Å². The van der Waals surface area contributed by atoms with E-state index in [1.807, 2.05) is 30.3 Å². The maximum absolute atomic E-state index is 10.5. The van der Waals surface area contributed by atoms with Crippen molar-refractivity contribution in [3.63, 3.8) is 0 Å². The van der Waals surface area contributed by atoms with Crippen LogP contribution >= 0.6 is 0 Å². The van der Waals surface area contributed by atoms with E-state index in [1.165, 1.54) is 0 Å². The molecule has 1 aromatic rings. The SMILES string of the molecule is [NH]C(Cc1ccccc1)C(N)=O. The summed E-state index contributed by atoms with van der Waals surface area (Å²) in [4.78, 5) is 10.5. The predicted molar refractivity (Wildman–Crippen MR) is 46.2 cm³/mol. The molecule has 0 saturated heterocycles. The van der Waals surface area contributed by atoms with Gasteiger partial charge >= 0.3 is 0 Å². The van der Waals surface area contributed by atoms with Gasteiger partial charge in [-0.25, -0.2) is 5.73 Å². The van der Waals surface area contributed by atoms with Crippen molar-refractivity contribution in [3.8, 4) is 0 Å². The maximum atomic E-state index is 10.5. The number of rotatable bonds is 3. The van der Waals surface area contributed by atoms with E-state index in [-0.39, 0.29) is 0 Å². The molecule has 3 N–H and O–H groups in total. The van der Waals surface area contributed by atoms with Crippen LogP contribution in [0.4, 0.5) is 0 Å². The Labute approximate surface area is 71.4 Å². The zero-order chi connectivity index (χ0) is 8.97. The van der Waals surface area contributed by atoms with Gasteiger partial charge in [0.2, 0.25) is 5.91 Å².